The minimum absolute atomic E-state index is 0.0290. The Morgan fingerprint density at radius 2 is 1.67 bits per heavy atom. The molecule has 0 spiro atoms. The highest BCUT2D eigenvalue weighted by atomic mass is 16.5. The Morgan fingerprint density at radius 3 is 2.44 bits per heavy atom. The molecule has 96 valence electrons. The molecule has 0 saturated heterocycles. The maximum absolute atomic E-state index is 5.76. The summed E-state index contributed by atoms with van der Waals surface area (Å²) in [5, 5.41) is 2.70. The quantitative estimate of drug-likeness (QED) is 0.713. The molecule has 0 aliphatic rings. The molecule has 0 radical (unpaired) electrons. The fourth-order valence-electron chi connectivity index (χ4n) is 2.15. The van der Waals surface area contributed by atoms with Gasteiger partial charge in [0.1, 0.15) is 0 Å². The average Bonchev–Trinajstić information content (AvgIpc) is 2.33. The fourth-order valence-corrected chi connectivity index (χ4v) is 2.15. The van der Waals surface area contributed by atoms with Crippen LogP contribution < -0.4 is 0 Å². The number of aryl methyl sites for hydroxylation is 1. The van der Waals surface area contributed by atoms with Gasteiger partial charge in [-0.2, -0.15) is 0 Å². The number of hydrogen-bond donors (Lipinski definition) is 0. The maximum Gasteiger partial charge on any atom is 0.0598 e. The molecule has 0 aromatic heterocycles. The third-order valence-electron chi connectivity index (χ3n) is 3.01. The molecule has 0 amide bonds. The summed E-state index contributed by atoms with van der Waals surface area (Å²) >= 11 is 0. The zero-order valence-corrected chi connectivity index (χ0v) is 11.6. The molecule has 0 N–H and O–H groups in total. The van der Waals surface area contributed by atoms with Crippen LogP contribution in [-0.4, -0.2) is 12.2 Å². The largest absolute Gasteiger partial charge is 0.376 e. The highest BCUT2D eigenvalue weighted by Crippen LogP contribution is 2.20. The first kappa shape index (κ1) is 13.1. The van der Waals surface area contributed by atoms with Gasteiger partial charge in [-0.15, -0.1) is 0 Å². The Morgan fingerprint density at radius 1 is 0.944 bits per heavy atom. The first-order chi connectivity index (χ1) is 8.56. The molecule has 0 atom stereocenters. The minimum Gasteiger partial charge on any atom is -0.376 e. The average molecular weight is 242 g/mol. The molecule has 1 heteroatoms. The lowest BCUT2D eigenvalue weighted by molar-refractivity contribution is -0.00381. The summed E-state index contributed by atoms with van der Waals surface area (Å²) in [4.78, 5) is 0. The van der Waals surface area contributed by atoms with E-state index in [1.54, 1.807) is 0 Å². The summed E-state index contributed by atoms with van der Waals surface area (Å²) in [7, 11) is 0. The summed E-state index contributed by atoms with van der Waals surface area (Å²) in [6.07, 6.45) is 2.16. The van der Waals surface area contributed by atoms with Gasteiger partial charge in [-0.3, -0.25) is 0 Å². The second kappa shape index (κ2) is 5.53. The second-order valence-electron chi connectivity index (χ2n) is 5.70. The zero-order chi connectivity index (χ0) is 13.0. The van der Waals surface area contributed by atoms with Crippen molar-refractivity contribution in [3.8, 4) is 0 Å². The van der Waals surface area contributed by atoms with Crippen molar-refractivity contribution in [3.63, 3.8) is 0 Å². The van der Waals surface area contributed by atoms with E-state index < -0.39 is 0 Å². The van der Waals surface area contributed by atoms with Gasteiger partial charge in [0, 0.05) is 6.61 Å². The molecule has 1 nitrogen and oxygen atoms in total. The molecule has 0 saturated carbocycles. The van der Waals surface area contributed by atoms with Gasteiger partial charge in [0.05, 0.1) is 5.60 Å². The van der Waals surface area contributed by atoms with Crippen LogP contribution >= 0.6 is 0 Å². The van der Waals surface area contributed by atoms with Crippen molar-refractivity contribution in [1.82, 2.24) is 0 Å². The van der Waals surface area contributed by atoms with Crippen LogP contribution in [0.5, 0.6) is 0 Å². The Labute approximate surface area is 110 Å². The zero-order valence-electron chi connectivity index (χ0n) is 11.6. The standard InChI is InChI=1S/C17H22O/c1-17(2,3)18-13-7-11-15-10-6-9-14-8-4-5-12-16(14)15/h4-6,8-10,12H,7,11,13H2,1-3H3. The van der Waals surface area contributed by atoms with Gasteiger partial charge in [0.15, 0.2) is 0 Å². The SMILES string of the molecule is CC(C)(C)OCCCc1cccc2ccccc12. The summed E-state index contributed by atoms with van der Waals surface area (Å²) < 4.78 is 5.76. The third-order valence-corrected chi connectivity index (χ3v) is 3.01. The molecule has 0 bridgehead atoms. The van der Waals surface area contributed by atoms with Crippen molar-refractivity contribution < 1.29 is 4.74 Å². The Bertz CT molecular complexity index is 503. The molecule has 2 rings (SSSR count). The van der Waals surface area contributed by atoms with E-state index in [-0.39, 0.29) is 5.60 Å². The Hall–Kier alpha value is -1.34. The summed E-state index contributed by atoms with van der Waals surface area (Å²) in [6, 6.07) is 15.1. The number of ether oxygens (including phenoxy) is 1. The molecule has 0 fully saturated rings. The van der Waals surface area contributed by atoms with Crippen molar-refractivity contribution in [2.45, 2.75) is 39.2 Å². The molecular formula is C17H22O. The van der Waals surface area contributed by atoms with E-state index in [0.717, 1.165) is 19.4 Å². The van der Waals surface area contributed by atoms with Crippen molar-refractivity contribution in [2.24, 2.45) is 0 Å². The van der Waals surface area contributed by atoms with Gasteiger partial charge in [0.25, 0.3) is 0 Å². The Kier molecular flexibility index (Phi) is 4.03. The molecular weight excluding hydrogens is 220 g/mol. The monoisotopic (exact) mass is 242 g/mol. The van der Waals surface area contributed by atoms with Crippen LogP contribution in [0.4, 0.5) is 0 Å². The van der Waals surface area contributed by atoms with Crippen molar-refractivity contribution in [1.29, 1.82) is 0 Å². The van der Waals surface area contributed by atoms with Gasteiger partial charge in [-0.25, -0.2) is 0 Å². The van der Waals surface area contributed by atoms with Gasteiger partial charge in [0.2, 0.25) is 0 Å². The molecule has 0 heterocycles. The van der Waals surface area contributed by atoms with Crippen molar-refractivity contribution in [2.75, 3.05) is 6.61 Å². The summed E-state index contributed by atoms with van der Waals surface area (Å²) in [6.45, 7) is 7.13. The van der Waals surface area contributed by atoms with E-state index in [1.807, 2.05) is 0 Å². The van der Waals surface area contributed by atoms with E-state index in [9.17, 15) is 0 Å². The predicted octanol–water partition coefficient (Wildman–Crippen LogP) is 4.59. The van der Waals surface area contributed by atoms with Gasteiger partial charge >= 0.3 is 0 Å². The fraction of sp³-hybridized carbons (Fsp3) is 0.412. The van der Waals surface area contributed by atoms with Crippen LogP contribution in [-0.2, 0) is 11.2 Å². The molecule has 0 unspecified atom stereocenters. The number of benzene rings is 2. The summed E-state index contributed by atoms with van der Waals surface area (Å²) in [5.41, 5.74) is 1.39. The lowest BCUT2D eigenvalue weighted by Crippen LogP contribution is -2.19. The van der Waals surface area contributed by atoms with Crippen LogP contribution in [0, 0.1) is 0 Å². The smallest absolute Gasteiger partial charge is 0.0598 e. The van der Waals surface area contributed by atoms with Crippen molar-refractivity contribution in [3.05, 3.63) is 48.0 Å². The van der Waals surface area contributed by atoms with Crippen molar-refractivity contribution >= 4 is 10.8 Å². The first-order valence-electron chi connectivity index (χ1n) is 6.67. The highest BCUT2D eigenvalue weighted by Gasteiger charge is 2.09. The van der Waals surface area contributed by atoms with E-state index in [4.69, 9.17) is 4.74 Å². The maximum atomic E-state index is 5.76. The van der Waals surface area contributed by atoms with Gasteiger partial charge in [-0.05, 0) is 49.9 Å². The van der Waals surface area contributed by atoms with Crippen LogP contribution in [0.15, 0.2) is 42.5 Å². The van der Waals surface area contributed by atoms with Gasteiger partial charge < -0.3 is 4.74 Å². The van der Waals surface area contributed by atoms with Gasteiger partial charge in [-0.1, -0.05) is 42.5 Å². The molecule has 18 heavy (non-hydrogen) atoms. The minimum atomic E-state index is -0.0290. The molecule has 0 aliphatic heterocycles. The number of rotatable bonds is 4. The van der Waals surface area contributed by atoms with E-state index in [0.29, 0.717) is 0 Å². The van der Waals surface area contributed by atoms with E-state index in [2.05, 4.69) is 63.2 Å². The Balaban J connectivity index is 2.00. The summed E-state index contributed by atoms with van der Waals surface area (Å²) in [5.74, 6) is 0. The normalized spacial score (nSPS) is 11.9. The highest BCUT2D eigenvalue weighted by molar-refractivity contribution is 5.85. The molecule has 2 aromatic rings. The van der Waals surface area contributed by atoms with Crippen LogP contribution in [0.3, 0.4) is 0 Å². The number of fused-ring (bicyclic) bond motifs is 1. The van der Waals surface area contributed by atoms with E-state index in [1.165, 1.54) is 16.3 Å². The van der Waals surface area contributed by atoms with Crippen LogP contribution in [0.2, 0.25) is 0 Å². The van der Waals surface area contributed by atoms with E-state index >= 15 is 0 Å². The molecule has 2 aromatic carbocycles. The molecule has 0 aliphatic carbocycles. The first-order valence-corrected chi connectivity index (χ1v) is 6.67. The number of hydrogen-bond acceptors (Lipinski definition) is 1. The van der Waals surface area contributed by atoms with Crippen LogP contribution in [0.25, 0.3) is 10.8 Å². The van der Waals surface area contributed by atoms with Crippen LogP contribution in [0.1, 0.15) is 32.8 Å². The lowest BCUT2D eigenvalue weighted by Gasteiger charge is -2.19. The topological polar surface area (TPSA) is 9.23 Å². The second-order valence-corrected chi connectivity index (χ2v) is 5.70. The lowest BCUT2D eigenvalue weighted by atomic mass is 10.0. The third kappa shape index (κ3) is 3.58. The predicted molar refractivity (Wildman–Crippen MR) is 78.0 cm³/mol.